The molecule has 1 radical (unpaired) electrons. The van der Waals surface area contributed by atoms with Gasteiger partial charge in [0.25, 0.3) is 0 Å². The summed E-state index contributed by atoms with van der Waals surface area (Å²) in [6, 6.07) is 19.7. The number of anilines is 1. The lowest BCUT2D eigenvalue weighted by molar-refractivity contribution is 0.127. The summed E-state index contributed by atoms with van der Waals surface area (Å²) in [5.74, 6) is 0. The Balaban J connectivity index is 1.80. The molecule has 20 heavy (non-hydrogen) atoms. The lowest BCUT2D eigenvalue weighted by Crippen LogP contribution is -2.27. The van der Waals surface area contributed by atoms with E-state index in [1.54, 1.807) is 0 Å². The molecular formula is C18H22NO. The van der Waals surface area contributed by atoms with E-state index in [-0.39, 0.29) is 0 Å². The van der Waals surface area contributed by atoms with Crippen LogP contribution in [0.25, 0.3) is 0 Å². The number of rotatable bonds is 7. The Bertz CT molecular complexity index is 510. The maximum absolute atomic E-state index is 5.75. The maximum Gasteiger partial charge on any atom is 0.0717 e. The van der Waals surface area contributed by atoms with Gasteiger partial charge in [0.2, 0.25) is 0 Å². The molecule has 0 saturated carbocycles. The number of ether oxygens (including phenoxy) is 1. The third-order valence-corrected chi connectivity index (χ3v) is 3.29. The van der Waals surface area contributed by atoms with Gasteiger partial charge in [-0.05, 0) is 43.2 Å². The van der Waals surface area contributed by atoms with Crippen molar-refractivity contribution in [2.45, 2.75) is 20.5 Å². The van der Waals surface area contributed by atoms with Gasteiger partial charge in [-0.1, -0.05) is 36.4 Å². The van der Waals surface area contributed by atoms with E-state index in [1.165, 1.54) is 16.8 Å². The van der Waals surface area contributed by atoms with E-state index in [0.29, 0.717) is 6.61 Å². The summed E-state index contributed by atoms with van der Waals surface area (Å²) in [4.78, 5) is 2.33. The number of nitrogens with zero attached hydrogens (tertiary/aromatic N) is 1. The molecule has 0 atom stereocenters. The van der Waals surface area contributed by atoms with Crippen LogP contribution in [-0.4, -0.2) is 19.7 Å². The van der Waals surface area contributed by atoms with E-state index in [1.807, 2.05) is 24.3 Å². The molecule has 2 nitrogen and oxygen atoms in total. The number of likely N-dealkylation sites (N-methyl/N-ethyl adjacent to an activating group) is 1. The molecule has 0 amide bonds. The summed E-state index contributed by atoms with van der Waals surface area (Å²) in [5, 5.41) is 0. The van der Waals surface area contributed by atoms with Crippen LogP contribution < -0.4 is 4.90 Å². The third-order valence-electron chi connectivity index (χ3n) is 3.29. The molecule has 0 saturated heterocycles. The zero-order valence-corrected chi connectivity index (χ0v) is 12.3. The minimum absolute atomic E-state index is 0.681. The van der Waals surface area contributed by atoms with Gasteiger partial charge in [0.05, 0.1) is 13.2 Å². The van der Waals surface area contributed by atoms with Crippen molar-refractivity contribution in [2.75, 3.05) is 24.6 Å². The molecule has 0 heterocycles. The Kier molecular flexibility index (Phi) is 5.63. The monoisotopic (exact) mass is 268 g/mol. The van der Waals surface area contributed by atoms with E-state index < -0.39 is 0 Å². The SMILES string of the molecule is CCN(CCOCc1ccccc1)c1cc[c]c(C)c1. The standard InChI is InChI=1S/C18H22NO/c1-3-19(18-11-7-8-16(2)14-18)12-13-20-15-17-9-5-4-6-10-17/h4-7,9-11,14H,3,12-13,15H2,1-2H3. The highest BCUT2D eigenvalue weighted by atomic mass is 16.5. The fourth-order valence-electron chi connectivity index (χ4n) is 2.18. The predicted molar refractivity (Wildman–Crippen MR) is 84.0 cm³/mol. The highest BCUT2D eigenvalue weighted by Crippen LogP contribution is 2.15. The number of benzene rings is 2. The van der Waals surface area contributed by atoms with Gasteiger partial charge in [-0.25, -0.2) is 0 Å². The molecule has 0 spiro atoms. The first-order valence-corrected chi connectivity index (χ1v) is 7.14. The molecule has 2 heteroatoms. The third kappa shape index (κ3) is 4.39. The highest BCUT2D eigenvalue weighted by molar-refractivity contribution is 5.47. The molecule has 0 unspecified atom stereocenters. The first-order valence-electron chi connectivity index (χ1n) is 7.14. The molecule has 0 aliphatic carbocycles. The van der Waals surface area contributed by atoms with Crippen LogP contribution in [-0.2, 0) is 11.3 Å². The predicted octanol–water partition coefficient (Wildman–Crippen LogP) is 3.84. The zero-order chi connectivity index (χ0) is 14.2. The number of hydrogen-bond donors (Lipinski definition) is 0. The van der Waals surface area contributed by atoms with Gasteiger partial charge >= 0.3 is 0 Å². The van der Waals surface area contributed by atoms with E-state index >= 15 is 0 Å². The van der Waals surface area contributed by atoms with Gasteiger partial charge in [-0.2, -0.15) is 0 Å². The molecule has 0 fully saturated rings. The van der Waals surface area contributed by atoms with Crippen LogP contribution in [0.3, 0.4) is 0 Å². The fraction of sp³-hybridized carbons (Fsp3) is 0.333. The highest BCUT2D eigenvalue weighted by Gasteiger charge is 2.04. The van der Waals surface area contributed by atoms with Crippen molar-refractivity contribution in [1.82, 2.24) is 0 Å². The molecule has 0 aliphatic rings. The molecule has 2 rings (SSSR count). The maximum atomic E-state index is 5.75. The summed E-state index contributed by atoms with van der Waals surface area (Å²) in [7, 11) is 0. The van der Waals surface area contributed by atoms with Gasteiger partial charge in [0, 0.05) is 18.8 Å². The van der Waals surface area contributed by atoms with Crippen LogP contribution in [0, 0.1) is 13.0 Å². The summed E-state index contributed by atoms with van der Waals surface area (Å²) in [6.45, 7) is 7.55. The Labute approximate surface area is 122 Å². The second-order valence-electron chi connectivity index (χ2n) is 4.85. The van der Waals surface area contributed by atoms with Gasteiger partial charge in [-0.3, -0.25) is 0 Å². The van der Waals surface area contributed by atoms with Gasteiger partial charge < -0.3 is 9.64 Å². The molecule has 0 bridgehead atoms. The Morgan fingerprint density at radius 3 is 2.65 bits per heavy atom. The van der Waals surface area contributed by atoms with Crippen molar-refractivity contribution >= 4 is 5.69 Å². The molecule has 0 aliphatic heterocycles. The first-order chi connectivity index (χ1) is 9.79. The van der Waals surface area contributed by atoms with Crippen LogP contribution in [0.15, 0.2) is 48.5 Å². The van der Waals surface area contributed by atoms with Crippen molar-refractivity contribution in [3.63, 3.8) is 0 Å². The van der Waals surface area contributed by atoms with Crippen LogP contribution in [0.4, 0.5) is 5.69 Å². The largest absolute Gasteiger partial charge is 0.375 e. The minimum Gasteiger partial charge on any atom is -0.375 e. The van der Waals surface area contributed by atoms with Crippen molar-refractivity contribution in [3.05, 3.63) is 65.7 Å². The summed E-state index contributed by atoms with van der Waals surface area (Å²) < 4.78 is 5.75. The Morgan fingerprint density at radius 2 is 1.95 bits per heavy atom. The minimum atomic E-state index is 0.681. The topological polar surface area (TPSA) is 12.5 Å². The molecule has 0 N–H and O–H groups in total. The summed E-state index contributed by atoms with van der Waals surface area (Å²) >= 11 is 0. The quantitative estimate of drug-likeness (QED) is 0.707. The lowest BCUT2D eigenvalue weighted by atomic mass is 10.2. The molecular weight excluding hydrogens is 246 g/mol. The van der Waals surface area contributed by atoms with Crippen molar-refractivity contribution in [1.29, 1.82) is 0 Å². The van der Waals surface area contributed by atoms with Crippen molar-refractivity contribution < 1.29 is 4.74 Å². The van der Waals surface area contributed by atoms with Crippen molar-refractivity contribution in [2.24, 2.45) is 0 Å². The van der Waals surface area contributed by atoms with Crippen LogP contribution >= 0.6 is 0 Å². The zero-order valence-electron chi connectivity index (χ0n) is 12.3. The summed E-state index contributed by atoms with van der Waals surface area (Å²) in [6.07, 6.45) is 0. The van der Waals surface area contributed by atoms with Crippen LogP contribution in [0.5, 0.6) is 0 Å². The normalized spacial score (nSPS) is 10.5. The number of aryl methyl sites for hydroxylation is 1. The second kappa shape index (κ2) is 7.71. The second-order valence-corrected chi connectivity index (χ2v) is 4.85. The van der Waals surface area contributed by atoms with Crippen molar-refractivity contribution in [3.8, 4) is 0 Å². The van der Waals surface area contributed by atoms with E-state index in [4.69, 9.17) is 4.74 Å². The van der Waals surface area contributed by atoms with Gasteiger partial charge in [0.15, 0.2) is 0 Å². The van der Waals surface area contributed by atoms with Gasteiger partial charge in [-0.15, -0.1) is 0 Å². The average Bonchev–Trinajstić information content (AvgIpc) is 2.48. The lowest BCUT2D eigenvalue weighted by Gasteiger charge is -2.23. The van der Waals surface area contributed by atoms with Crippen LogP contribution in [0.2, 0.25) is 0 Å². The summed E-state index contributed by atoms with van der Waals surface area (Å²) in [5.41, 5.74) is 3.64. The first kappa shape index (κ1) is 14.6. The Morgan fingerprint density at radius 1 is 1.15 bits per heavy atom. The van der Waals surface area contributed by atoms with E-state index in [9.17, 15) is 0 Å². The smallest absolute Gasteiger partial charge is 0.0717 e. The Hall–Kier alpha value is -1.80. The van der Waals surface area contributed by atoms with Gasteiger partial charge in [0.1, 0.15) is 0 Å². The van der Waals surface area contributed by atoms with E-state index in [2.05, 4.69) is 49.1 Å². The average molecular weight is 268 g/mol. The fourth-order valence-corrected chi connectivity index (χ4v) is 2.18. The number of hydrogen-bond acceptors (Lipinski definition) is 2. The molecule has 0 aromatic heterocycles. The van der Waals surface area contributed by atoms with E-state index in [0.717, 1.165) is 19.7 Å². The molecule has 105 valence electrons. The van der Waals surface area contributed by atoms with Crippen LogP contribution in [0.1, 0.15) is 18.1 Å². The molecule has 2 aromatic rings. The molecule has 2 aromatic carbocycles.